The zero-order chi connectivity index (χ0) is 29.5. The lowest BCUT2D eigenvalue weighted by atomic mass is 10.1. The van der Waals surface area contributed by atoms with Gasteiger partial charge in [0.15, 0.2) is 0 Å². The Balaban J connectivity index is 1.38. The van der Waals surface area contributed by atoms with E-state index in [4.69, 9.17) is 18.9 Å². The fourth-order valence-corrected chi connectivity index (χ4v) is 5.53. The van der Waals surface area contributed by atoms with Crippen LogP contribution in [0, 0.1) is 0 Å². The van der Waals surface area contributed by atoms with Crippen LogP contribution in [0.15, 0.2) is 60.7 Å². The van der Waals surface area contributed by atoms with Crippen LogP contribution >= 0.6 is 0 Å². The lowest BCUT2D eigenvalue weighted by Crippen LogP contribution is -2.47. The molecule has 1 atom stereocenters. The molecule has 3 aromatic rings. The zero-order valence-corrected chi connectivity index (χ0v) is 24.4. The Morgan fingerprint density at radius 2 is 1.45 bits per heavy atom. The highest BCUT2D eigenvalue weighted by molar-refractivity contribution is 6.09. The van der Waals surface area contributed by atoms with E-state index in [0.29, 0.717) is 42.4 Å². The van der Waals surface area contributed by atoms with E-state index in [-0.39, 0.29) is 17.6 Å². The maximum absolute atomic E-state index is 13.6. The quantitative estimate of drug-likeness (QED) is 0.372. The summed E-state index contributed by atoms with van der Waals surface area (Å²) >= 11 is 0. The normalized spacial score (nSPS) is 16.6. The molecule has 2 aliphatic heterocycles. The first-order chi connectivity index (χ1) is 20.5. The summed E-state index contributed by atoms with van der Waals surface area (Å²) in [5.74, 6) is 1.02. The summed E-state index contributed by atoms with van der Waals surface area (Å²) in [6.07, 6.45) is 1.94. The number of para-hydroxylation sites is 2. The van der Waals surface area contributed by atoms with Gasteiger partial charge < -0.3 is 39.4 Å². The van der Waals surface area contributed by atoms with E-state index in [2.05, 4.69) is 26.5 Å². The monoisotopic (exact) mass is 574 g/mol. The van der Waals surface area contributed by atoms with E-state index in [1.807, 2.05) is 30.3 Å². The van der Waals surface area contributed by atoms with E-state index >= 15 is 0 Å². The molecule has 2 saturated heterocycles. The molecular weight excluding hydrogens is 536 g/mol. The van der Waals surface area contributed by atoms with Crippen LogP contribution in [0.1, 0.15) is 33.6 Å². The van der Waals surface area contributed by atoms with E-state index in [1.54, 1.807) is 31.4 Å². The number of piperazine rings is 1. The summed E-state index contributed by atoms with van der Waals surface area (Å²) in [6.45, 7) is 4.13. The summed E-state index contributed by atoms with van der Waals surface area (Å²) in [5, 5.41) is 5.98. The van der Waals surface area contributed by atoms with Crippen LogP contribution in [0.2, 0.25) is 0 Å². The summed E-state index contributed by atoms with van der Waals surface area (Å²) in [6, 6.07) is 18.6. The second kappa shape index (κ2) is 13.5. The number of carbonyl (C=O) groups is 2. The van der Waals surface area contributed by atoms with Crippen LogP contribution in [-0.2, 0) is 4.74 Å². The van der Waals surface area contributed by atoms with Crippen molar-refractivity contribution in [2.24, 2.45) is 0 Å². The fraction of sp³-hybridized carbons (Fsp3) is 0.375. The number of benzene rings is 3. The van der Waals surface area contributed by atoms with Crippen molar-refractivity contribution in [1.29, 1.82) is 0 Å². The predicted molar refractivity (Wildman–Crippen MR) is 163 cm³/mol. The van der Waals surface area contributed by atoms with Crippen molar-refractivity contribution in [2.75, 3.05) is 75.8 Å². The van der Waals surface area contributed by atoms with Crippen LogP contribution < -0.4 is 34.6 Å². The molecule has 0 aromatic heterocycles. The maximum atomic E-state index is 13.6. The van der Waals surface area contributed by atoms with Gasteiger partial charge in [-0.05, 0) is 55.3 Å². The van der Waals surface area contributed by atoms with E-state index in [1.165, 1.54) is 14.2 Å². The largest absolute Gasteiger partial charge is 0.496 e. The molecule has 0 bridgehead atoms. The predicted octanol–water partition coefficient (Wildman–Crippen LogP) is 4.20. The van der Waals surface area contributed by atoms with Crippen molar-refractivity contribution in [3.8, 4) is 17.2 Å². The van der Waals surface area contributed by atoms with Crippen LogP contribution in [0.25, 0.3) is 0 Å². The SMILES string of the molecule is COc1ccccc1N1CCN(c2ccc(NC(=O)c3c(OC)cccc3OC)cc2C(=O)NCC2CCCO2)CC1. The Morgan fingerprint density at radius 1 is 0.810 bits per heavy atom. The molecule has 2 aliphatic rings. The first-order valence-corrected chi connectivity index (χ1v) is 14.2. The molecule has 2 heterocycles. The van der Waals surface area contributed by atoms with Crippen LogP contribution in [0.4, 0.5) is 17.1 Å². The molecule has 0 saturated carbocycles. The van der Waals surface area contributed by atoms with Crippen molar-refractivity contribution in [2.45, 2.75) is 18.9 Å². The molecule has 2 amide bonds. The van der Waals surface area contributed by atoms with Gasteiger partial charge >= 0.3 is 0 Å². The highest BCUT2D eigenvalue weighted by atomic mass is 16.5. The third kappa shape index (κ3) is 6.38. The molecule has 0 aliphatic carbocycles. The van der Waals surface area contributed by atoms with Gasteiger partial charge in [-0.25, -0.2) is 0 Å². The molecule has 222 valence electrons. The van der Waals surface area contributed by atoms with Crippen LogP contribution in [0.3, 0.4) is 0 Å². The van der Waals surface area contributed by atoms with Crippen molar-refractivity contribution < 1.29 is 28.5 Å². The number of methoxy groups -OCH3 is 3. The number of nitrogens with one attached hydrogen (secondary N) is 2. The van der Waals surface area contributed by atoms with Crippen LogP contribution in [0.5, 0.6) is 17.2 Å². The van der Waals surface area contributed by atoms with Gasteiger partial charge in [-0.15, -0.1) is 0 Å². The minimum Gasteiger partial charge on any atom is -0.496 e. The Labute approximate surface area is 246 Å². The summed E-state index contributed by atoms with van der Waals surface area (Å²) in [5.41, 5.74) is 3.13. The van der Waals surface area contributed by atoms with Gasteiger partial charge in [0.2, 0.25) is 0 Å². The molecule has 2 N–H and O–H groups in total. The molecule has 5 rings (SSSR count). The second-order valence-electron chi connectivity index (χ2n) is 10.2. The molecule has 3 aromatic carbocycles. The fourth-order valence-electron chi connectivity index (χ4n) is 5.53. The second-order valence-corrected chi connectivity index (χ2v) is 10.2. The molecule has 1 unspecified atom stereocenters. The van der Waals surface area contributed by atoms with Gasteiger partial charge in [0, 0.05) is 50.7 Å². The highest BCUT2D eigenvalue weighted by Gasteiger charge is 2.25. The molecule has 10 nitrogen and oxygen atoms in total. The van der Waals surface area contributed by atoms with Gasteiger partial charge in [0.1, 0.15) is 22.8 Å². The molecule has 0 radical (unpaired) electrons. The highest BCUT2D eigenvalue weighted by Crippen LogP contribution is 2.32. The standard InChI is InChI=1S/C32H38N4O6/c1-39-27-10-5-4-9-26(27)36-17-15-35(16-18-36)25-14-13-22(20-24(25)31(37)33-21-23-8-7-19-42-23)34-32(38)30-28(40-2)11-6-12-29(30)41-3/h4-6,9-14,20,23H,7-8,15-19,21H2,1-3H3,(H,33,37)(H,34,38). The summed E-state index contributed by atoms with van der Waals surface area (Å²) in [7, 11) is 4.69. The third-order valence-corrected chi connectivity index (χ3v) is 7.71. The zero-order valence-electron chi connectivity index (χ0n) is 24.4. The number of hydrogen-bond donors (Lipinski definition) is 2. The van der Waals surface area contributed by atoms with Crippen molar-refractivity contribution in [1.82, 2.24) is 5.32 Å². The molecule has 2 fully saturated rings. The average molecular weight is 575 g/mol. The number of nitrogens with zero attached hydrogens (tertiary/aromatic N) is 2. The Bertz CT molecular complexity index is 1380. The third-order valence-electron chi connectivity index (χ3n) is 7.71. The minimum absolute atomic E-state index is 0.0164. The minimum atomic E-state index is -0.395. The van der Waals surface area contributed by atoms with Gasteiger partial charge in [0.05, 0.1) is 38.7 Å². The number of ether oxygens (including phenoxy) is 4. The van der Waals surface area contributed by atoms with Crippen molar-refractivity contribution >= 4 is 28.9 Å². The number of amides is 2. The van der Waals surface area contributed by atoms with E-state index in [9.17, 15) is 9.59 Å². The Morgan fingerprint density at radius 3 is 2.10 bits per heavy atom. The molecule has 42 heavy (non-hydrogen) atoms. The Hall–Kier alpha value is -4.44. The van der Waals surface area contributed by atoms with E-state index < -0.39 is 5.91 Å². The average Bonchev–Trinajstić information content (AvgIpc) is 3.57. The lowest BCUT2D eigenvalue weighted by Gasteiger charge is -2.38. The lowest BCUT2D eigenvalue weighted by molar-refractivity contribution is 0.0858. The topological polar surface area (TPSA) is 102 Å². The maximum Gasteiger partial charge on any atom is 0.263 e. The van der Waals surface area contributed by atoms with Crippen molar-refractivity contribution in [3.05, 3.63) is 71.8 Å². The smallest absolute Gasteiger partial charge is 0.263 e. The molecule has 10 heteroatoms. The molecular formula is C32H38N4O6. The van der Waals surface area contributed by atoms with E-state index in [0.717, 1.165) is 49.7 Å². The number of anilines is 3. The van der Waals surface area contributed by atoms with Crippen molar-refractivity contribution in [3.63, 3.8) is 0 Å². The van der Waals surface area contributed by atoms with Gasteiger partial charge in [-0.3, -0.25) is 9.59 Å². The van der Waals surface area contributed by atoms with Gasteiger partial charge in [-0.2, -0.15) is 0 Å². The van der Waals surface area contributed by atoms with Crippen LogP contribution in [-0.4, -0.2) is 78.6 Å². The number of hydrogen-bond acceptors (Lipinski definition) is 8. The Kier molecular flexibility index (Phi) is 9.33. The summed E-state index contributed by atoms with van der Waals surface area (Å²) < 4.78 is 22.1. The first-order valence-electron chi connectivity index (χ1n) is 14.2. The van der Waals surface area contributed by atoms with Gasteiger partial charge in [-0.1, -0.05) is 18.2 Å². The van der Waals surface area contributed by atoms with Gasteiger partial charge in [0.25, 0.3) is 11.8 Å². The first kappa shape index (κ1) is 29.1. The number of carbonyl (C=O) groups excluding carboxylic acids is 2. The number of rotatable bonds is 10. The summed E-state index contributed by atoms with van der Waals surface area (Å²) in [4.78, 5) is 31.4. The molecule has 0 spiro atoms.